The quantitative estimate of drug-likeness (QED) is 0.776. The molecule has 5 nitrogen and oxygen atoms in total. The number of nitrogens with one attached hydrogen (secondary N) is 1. The standard InChI is InChI=1S/C17H16N4OS/c1-9-20-21-17(23-9)19-16(22)11-6-10-4-2-3-5-12(10)13(7-11)14-8-15(14)18/h2-7,14-15H,8,18H2,1H3,(H,19,21,22)/t14-,15+/m0/s1. The van der Waals surface area contributed by atoms with E-state index >= 15 is 0 Å². The Hall–Kier alpha value is -2.31. The second kappa shape index (κ2) is 5.40. The SMILES string of the molecule is Cc1nnc(NC(=O)c2cc([C@@H]3C[C@H]3N)c3ccccc3c2)s1. The van der Waals surface area contributed by atoms with Gasteiger partial charge in [0.1, 0.15) is 5.01 Å². The van der Waals surface area contributed by atoms with E-state index in [9.17, 15) is 4.79 Å². The molecule has 1 aliphatic carbocycles. The van der Waals surface area contributed by atoms with Gasteiger partial charge in [0.25, 0.3) is 5.91 Å². The van der Waals surface area contributed by atoms with Gasteiger partial charge in [0.05, 0.1) is 0 Å². The van der Waals surface area contributed by atoms with Crippen molar-refractivity contribution in [2.75, 3.05) is 5.32 Å². The summed E-state index contributed by atoms with van der Waals surface area (Å²) in [6, 6.07) is 12.2. The summed E-state index contributed by atoms with van der Waals surface area (Å²) in [5.41, 5.74) is 7.82. The molecule has 3 N–H and O–H groups in total. The predicted octanol–water partition coefficient (Wildman–Crippen LogP) is 3.07. The molecule has 1 saturated carbocycles. The molecule has 0 aliphatic heterocycles. The highest BCUT2D eigenvalue weighted by molar-refractivity contribution is 7.15. The lowest BCUT2D eigenvalue weighted by Crippen LogP contribution is -2.12. The lowest BCUT2D eigenvalue weighted by Gasteiger charge is -2.09. The Morgan fingerprint density at radius 1 is 1.30 bits per heavy atom. The Bertz CT molecular complexity index is 904. The fraction of sp³-hybridized carbons (Fsp3) is 0.235. The number of amides is 1. The maximum atomic E-state index is 12.5. The Morgan fingerprint density at radius 3 is 2.78 bits per heavy atom. The van der Waals surface area contributed by atoms with E-state index in [0.29, 0.717) is 16.6 Å². The first-order valence-electron chi connectivity index (χ1n) is 7.51. The van der Waals surface area contributed by atoms with Crippen LogP contribution in [0.25, 0.3) is 10.8 Å². The van der Waals surface area contributed by atoms with E-state index in [2.05, 4.69) is 21.6 Å². The number of hydrogen-bond donors (Lipinski definition) is 2. The van der Waals surface area contributed by atoms with Crippen LogP contribution in [0.4, 0.5) is 5.13 Å². The number of fused-ring (bicyclic) bond motifs is 1. The molecule has 0 unspecified atom stereocenters. The summed E-state index contributed by atoms with van der Waals surface area (Å²) in [5.74, 6) is 0.179. The summed E-state index contributed by atoms with van der Waals surface area (Å²) in [4.78, 5) is 12.5. The van der Waals surface area contributed by atoms with Gasteiger partial charge in [0.15, 0.2) is 0 Å². The lowest BCUT2D eigenvalue weighted by atomic mass is 9.97. The number of nitrogens with two attached hydrogens (primary N) is 1. The Kier molecular flexibility index (Phi) is 3.36. The van der Waals surface area contributed by atoms with Crippen LogP contribution >= 0.6 is 11.3 Å². The van der Waals surface area contributed by atoms with Crippen molar-refractivity contribution in [3.05, 3.63) is 52.5 Å². The number of benzene rings is 2. The molecule has 4 rings (SSSR count). The molecule has 1 aromatic heterocycles. The van der Waals surface area contributed by atoms with Crippen LogP contribution in [0.2, 0.25) is 0 Å². The van der Waals surface area contributed by atoms with E-state index in [1.807, 2.05) is 37.3 Å². The third-order valence-corrected chi connectivity index (χ3v) is 4.90. The fourth-order valence-electron chi connectivity index (χ4n) is 2.87. The minimum Gasteiger partial charge on any atom is -0.327 e. The van der Waals surface area contributed by atoms with Crippen LogP contribution < -0.4 is 11.1 Å². The number of rotatable bonds is 3. The molecule has 3 aromatic rings. The molecule has 1 aliphatic rings. The highest BCUT2D eigenvalue weighted by atomic mass is 32.1. The molecule has 2 atom stereocenters. The lowest BCUT2D eigenvalue weighted by molar-refractivity contribution is 0.102. The number of aryl methyl sites for hydroxylation is 1. The molecular weight excluding hydrogens is 308 g/mol. The highest BCUT2D eigenvalue weighted by Gasteiger charge is 2.36. The second-order valence-corrected chi connectivity index (χ2v) is 7.05. The van der Waals surface area contributed by atoms with Crippen LogP contribution in [0.3, 0.4) is 0 Å². The summed E-state index contributed by atoms with van der Waals surface area (Å²) in [7, 11) is 0. The average molecular weight is 324 g/mol. The summed E-state index contributed by atoms with van der Waals surface area (Å²) >= 11 is 1.36. The van der Waals surface area contributed by atoms with Crippen LogP contribution in [-0.4, -0.2) is 22.1 Å². The number of aromatic nitrogens is 2. The molecule has 1 fully saturated rings. The number of carbonyl (C=O) groups excluding carboxylic acids is 1. The molecule has 1 heterocycles. The molecule has 116 valence electrons. The van der Waals surface area contributed by atoms with Crippen LogP contribution in [0.5, 0.6) is 0 Å². The first-order chi connectivity index (χ1) is 11.1. The van der Waals surface area contributed by atoms with Gasteiger partial charge in [-0.15, -0.1) is 10.2 Å². The normalized spacial score (nSPS) is 19.7. The maximum Gasteiger partial charge on any atom is 0.257 e. The third-order valence-electron chi connectivity index (χ3n) is 4.14. The highest BCUT2D eigenvalue weighted by Crippen LogP contribution is 2.42. The number of hydrogen-bond acceptors (Lipinski definition) is 5. The monoisotopic (exact) mass is 324 g/mol. The van der Waals surface area contributed by atoms with Gasteiger partial charge in [-0.3, -0.25) is 10.1 Å². The summed E-state index contributed by atoms with van der Waals surface area (Å²) in [6.07, 6.45) is 0.977. The first-order valence-corrected chi connectivity index (χ1v) is 8.33. The van der Waals surface area contributed by atoms with Crippen LogP contribution in [0.1, 0.15) is 33.3 Å². The molecule has 1 amide bonds. The van der Waals surface area contributed by atoms with E-state index < -0.39 is 0 Å². The van der Waals surface area contributed by atoms with Crippen LogP contribution in [-0.2, 0) is 0 Å². The van der Waals surface area contributed by atoms with Gasteiger partial charge in [-0.1, -0.05) is 35.6 Å². The number of nitrogens with zero attached hydrogens (tertiary/aromatic N) is 2. The van der Waals surface area contributed by atoms with Gasteiger partial charge in [0, 0.05) is 17.5 Å². The van der Waals surface area contributed by atoms with Crippen molar-refractivity contribution in [3.8, 4) is 0 Å². The predicted molar refractivity (Wildman–Crippen MR) is 91.9 cm³/mol. The Labute approximate surface area is 137 Å². The van der Waals surface area contributed by atoms with Gasteiger partial charge in [-0.2, -0.15) is 0 Å². The largest absolute Gasteiger partial charge is 0.327 e. The zero-order chi connectivity index (χ0) is 16.0. The smallest absolute Gasteiger partial charge is 0.257 e. The van der Waals surface area contributed by atoms with Crippen molar-refractivity contribution in [2.24, 2.45) is 5.73 Å². The summed E-state index contributed by atoms with van der Waals surface area (Å²) < 4.78 is 0. The van der Waals surface area contributed by atoms with Crippen molar-refractivity contribution in [3.63, 3.8) is 0 Å². The van der Waals surface area contributed by atoms with Gasteiger partial charge < -0.3 is 5.73 Å². The third kappa shape index (κ3) is 2.71. The Morgan fingerprint density at radius 2 is 2.09 bits per heavy atom. The van der Waals surface area contributed by atoms with Crippen molar-refractivity contribution in [1.29, 1.82) is 0 Å². The fourth-order valence-corrected chi connectivity index (χ4v) is 3.45. The average Bonchev–Trinajstić information content (AvgIpc) is 3.14. The minimum absolute atomic E-state index is 0.164. The molecule has 6 heteroatoms. The molecule has 2 aromatic carbocycles. The van der Waals surface area contributed by atoms with Crippen molar-refractivity contribution >= 4 is 33.1 Å². The van der Waals surface area contributed by atoms with Gasteiger partial charge in [-0.05, 0) is 41.8 Å². The van der Waals surface area contributed by atoms with Crippen LogP contribution in [0, 0.1) is 6.92 Å². The van der Waals surface area contributed by atoms with E-state index in [-0.39, 0.29) is 11.9 Å². The molecule has 0 spiro atoms. The van der Waals surface area contributed by atoms with Crippen molar-refractivity contribution in [2.45, 2.75) is 25.3 Å². The van der Waals surface area contributed by atoms with E-state index in [4.69, 9.17) is 5.73 Å². The topological polar surface area (TPSA) is 80.9 Å². The van der Waals surface area contributed by atoms with E-state index in [1.165, 1.54) is 16.7 Å². The molecule has 0 saturated heterocycles. The van der Waals surface area contributed by atoms with E-state index in [0.717, 1.165) is 22.4 Å². The number of anilines is 1. The zero-order valence-corrected chi connectivity index (χ0v) is 13.4. The molecule has 23 heavy (non-hydrogen) atoms. The molecule has 0 radical (unpaired) electrons. The summed E-state index contributed by atoms with van der Waals surface area (Å²) in [5, 5.41) is 14.2. The maximum absolute atomic E-state index is 12.5. The van der Waals surface area contributed by atoms with Gasteiger partial charge in [0.2, 0.25) is 5.13 Å². The van der Waals surface area contributed by atoms with Crippen LogP contribution in [0.15, 0.2) is 36.4 Å². The Balaban J connectivity index is 1.73. The first kappa shape index (κ1) is 14.3. The van der Waals surface area contributed by atoms with Crippen molar-refractivity contribution in [1.82, 2.24) is 10.2 Å². The van der Waals surface area contributed by atoms with Gasteiger partial charge >= 0.3 is 0 Å². The van der Waals surface area contributed by atoms with Crippen molar-refractivity contribution < 1.29 is 4.79 Å². The van der Waals surface area contributed by atoms with E-state index in [1.54, 1.807) is 0 Å². The second-order valence-electron chi connectivity index (χ2n) is 5.87. The molecular formula is C17H16N4OS. The molecule has 0 bridgehead atoms. The van der Waals surface area contributed by atoms with Gasteiger partial charge in [-0.25, -0.2) is 0 Å². The number of carbonyl (C=O) groups is 1. The summed E-state index contributed by atoms with van der Waals surface area (Å²) in [6.45, 7) is 1.86. The minimum atomic E-state index is -0.164. The zero-order valence-electron chi connectivity index (χ0n) is 12.6.